The molecule has 10 nitrogen and oxygen atoms in total. The van der Waals surface area contributed by atoms with Crippen molar-refractivity contribution < 1.29 is 28.7 Å². The maximum absolute atomic E-state index is 13.2. The largest absolute Gasteiger partial charge is 0.464 e. The fourth-order valence-electron chi connectivity index (χ4n) is 5.07. The zero-order valence-corrected chi connectivity index (χ0v) is 18.7. The summed E-state index contributed by atoms with van der Waals surface area (Å²) in [5.74, 6) is -0.765. The Bertz CT molecular complexity index is 731. The van der Waals surface area contributed by atoms with Crippen LogP contribution in [0.2, 0.25) is 0 Å². The summed E-state index contributed by atoms with van der Waals surface area (Å²) in [6.45, 7) is 3.61. The van der Waals surface area contributed by atoms with Crippen molar-refractivity contribution in [3.8, 4) is 0 Å². The van der Waals surface area contributed by atoms with Gasteiger partial charge in [-0.25, -0.2) is 4.79 Å². The van der Waals surface area contributed by atoms with Gasteiger partial charge in [-0.15, -0.1) is 0 Å². The third-order valence-electron chi connectivity index (χ3n) is 6.83. The number of nitrogens with two attached hydrogens (primary N) is 1. The van der Waals surface area contributed by atoms with E-state index in [-0.39, 0.29) is 36.7 Å². The molecule has 2 N–H and O–H groups in total. The molecule has 0 bridgehead atoms. The van der Waals surface area contributed by atoms with Crippen molar-refractivity contribution in [2.24, 2.45) is 17.6 Å². The first-order valence-corrected chi connectivity index (χ1v) is 11.5. The van der Waals surface area contributed by atoms with E-state index in [4.69, 9.17) is 10.5 Å². The van der Waals surface area contributed by atoms with E-state index in [1.807, 2.05) is 6.92 Å². The molecule has 0 spiro atoms. The molecule has 178 valence electrons. The Morgan fingerprint density at radius 3 is 2.53 bits per heavy atom. The lowest BCUT2D eigenvalue weighted by molar-refractivity contribution is -0.153. The Morgan fingerprint density at radius 1 is 1.06 bits per heavy atom. The zero-order chi connectivity index (χ0) is 23.3. The maximum Gasteiger partial charge on any atom is 0.328 e. The number of carbonyl (C=O) groups excluding carboxylic acids is 5. The highest BCUT2D eigenvalue weighted by atomic mass is 16.5. The van der Waals surface area contributed by atoms with Crippen LogP contribution in [0.3, 0.4) is 0 Å². The average molecular weight is 451 g/mol. The van der Waals surface area contributed by atoms with E-state index in [9.17, 15) is 24.0 Å². The van der Waals surface area contributed by atoms with Crippen molar-refractivity contribution in [1.82, 2.24) is 14.7 Å². The van der Waals surface area contributed by atoms with Gasteiger partial charge in [0, 0.05) is 19.6 Å². The van der Waals surface area contributed by atoms with Gasteiger partial charge in [0.2, 0.25) is 18.2 Å². The number of hydrogen-bond acceptors (Lipinski definition) is 7. The predicted octanol–water partition coefficient (Wildman–Crippen LogP) is -0.458. The molecule has 3 saturated heterocycles. The second kappa shape index (κ2) is 10.9. The van der Waals surface area contributed by atoms with Crippen LogP contribution in [0.1, 0.15) is 45.4 Å². The van der Waals surface area contributed by atoms with E-state index in [0.29, 0.717) is 51.9 Å². The van der Waals surface area contributed by atoms with Crippen molar-refractivity contribution in [1.29, 1.82) is 0 Å². The highest BCUT2D eigenvalue weighted by molar-refractivity contribution is 5.90. The minimum absolute atomic E-state index is 0.0102. The van der Waals surface area contributed by atoms with E-state index in [1.165, 1.54) is 9.80 Å². The molecule has 3 fully saturated rings. The molecular weight excluding hydrogens is 416 g/mol. The van der Waals surface area contributed by atoms with Gasteiger partial charge in [-0.05, 0) is 50.5 Å². The number of amides is 3. The van der Waals surface area contributed by atoms with Crippen LogP contribution in [0.5, 0.6) is 0 Å². The van der Waals surface area contributed by atoms with Crippen LogP contribution in [0.4, 0.5) is 0 Å². The smallest absolute Gasteiger partial charge is 0.328 e. The molecule has 0 aliphatic carbocycles. The number of carbonyl (C=O) groups is 5. The van der Waals surface area contributed by atoms with Gasteiger partial charge in [-0.1, -0.05) is 6.92 Å². The number of rotatable bonds is 8. The Balaban J connectivity index is 1.57. The average Bonchev–Trinajstić information content (AvgIpc) is 3.41. The molecular formula is C22H34N4O6. The van der Waals surface area contributed by atoms with E-state index >= 15 is 0 Å². The summed E-state index contributed by atoms with van der Waals surface area (Å²) in [5.41, 5.74) is 5.82. The number of ether oxygens (including phenoxy) is 1. The Morgan fingerprint density at radius 2 is 1.84 bits per heavy atom. The molecule has 0 aromatic carbocycles. The molecule has 10 heteroatoms. The first-order chi connectivity index (χ1) is 15.4. The first kappa shape index (κ1) is 24.2. The molecule has 32 heavy (non-hydrogen) atoms. The molecule has 0 aromatic heterocycles. The van der Waals surface area contributed by atoms with E-state index < -0.39 is 24.1 Å². The second-order valence-electron chi connectivity index (χ2n) is 9.21. The standard InChI is InChI=1S/C22H34N4O6/c1-15-8-19(24(11-15)14-28)22(31)32-7-5-20(29)26-12-16(10-23)9-18(26)21(30)25-6-3-2-4-17(25)13-27/h13-19H,2-12,23H2,1H3. The van der Waals surface area contributed by atoms with E-state index in [2.05, 4.69) is 0 Å². The number of piperidine rings is 1. The fourth-order valence-corrected chi connectivity index (χ4v) is 5.07. The van der Waals surface area contributed by atoms with Crippen molar-refractivity contribution in [3.63, 3.8) is 0 Å². The summed E-state index contributed by atoms with van der Waals surface area (Å²) in [7, 11) is 0. The fraction of sp³-hybridized carbons (Fsp3) is 0.773. The summed E-state index contributed by atoms with van der Waals surface area (Å²) < 4.78 is 5.28. The van der Waals surface area contributed by atoms with Crippen LogP contribution in [-0.2, 0) is 28.7 Å². The van der Waals surface area contributed by atoms with Crippen LogP contribution < -0.4 is 5.73 Å². The van der Waals surface area contributed by atoms with Gasteiger partial charge in [-0.2, -0.15) is 0 Å². The Kier molecular flexibility index (Phi) is 8.22. The van der Waals surface area contributed by atoms with Gasteiger partial charge >= 0.3 is 5.97 Å². The van der Waals surface area contributed by atoms with Crippen molar-refractivity contribution >= 4 is 30.5 Å². The number of esters is 1. The summed E-state index contributed by atoms with van der Waals surface area (Å²) in [6.07, 6.45) is 4.81. The number of likely N-dealkylation sites (tertiary alicyclic amines) is 3. The number of nitrogens with zero attached hydrogens (tertiary/aromatic N) is 3. The minimum atomic E-state index is -0.645. The summed E-state index contributed by atoms with van der Waals surface area (Å²) >= 11 is 0. The van der Waals surface area contributed by atoms with Gasteiger partial charge in [0.15, 0.2) is 0 Å². The Hall–Kier alpha value is -2.49. The molecule has 3 amide bonds. The van der Waals surface area contributed by atoms with Gasteiger partial charge in [0.05, 0.1) is 12.5 Å². The molecule has 3 heterocycles. The van der Waals surface area contributed by atoms with Gasteiger partial charge in [0.25, 0.3) is 0 Å². The minimum Gasteiger partial charge on any atom is -0.464 e. The van der Waals surface area contributed by atoms with Gasteiger partial charge < -0.3 is 30.0 Å². The van der Waals surface area contributed by atoms with Crippen LogP contribution in [-0.4, -0.2) is 96.1 Å². The lowest BCUT2D eigenvalue weighted by Crippen LogP contribution is -2.53. The molecule has 5 unspecified atom stereocenters. The second-order valence-corrected chi connectivity index (χ2v) is 9.21. The number of hydrogen-bond donors (Lipinski definition) is 1. The highest BCUT2D eigenvalue weighted by Crippen LogP contribution is 2.28. The quantitative estimate of drug-likeness (QED) is 0.391. The first-order valence-electron chi connectivity index (χ1n) is 11.5. The third kappa shape index (κ3) is 5.28. The number of aldehydes is 1. The molecule has 0 saturated carbocycles. The summed E-state index contributed by atoms with van der Waals surface area (Å²) in [5, 5.41) is 0. The van der Waals surface area contributed by atoms with Crippen LogP contribution in [0.25, 0.3) is 0 Å². The molecule has 3 aliphatic heterocycles. The molecule has 0 aromatic rings. The molecule has 0 radical (unpaired) electrons. The van der Waals surface area contributed by atoms with E-state index in [1.54, 1.807) is 4.90 Å². The van der Waals surface area contributed by atoms with Crippen molar-refractivity contribution in [2.75, 3.05) is 32.8 Å². The van der Waals surface area contributed by atoms with Crippen molar-refractivity contribution in [3.05, 3.63) is 0 Å². The molecule has 3 aliphatic rings. The highest BCUT2D eigenvalue weighted by Gasteiger charge is 2.42. The lowest BCUT2D eigenvalue weighted by Gasteiger charge is -2.36. The summed E-state index contributed by atoms with van der Waals surface area (Å²) in [4.78, 5) is 65.6. The molecule has 3 rings (SSSR count). The predicted molar refractivity (Wildman–Crippen MR) is 114 cm³/mol. The lowest BCUT2D eigenvalue weighted by atomic mass is 10.00. The van der Waals surface area contributed by atoms with Crippen LogP contribution in [0.15, 0.2) is 0 Å². The molecule has 5 atom stereocenters. The van der Waals surface area contributed by atoms with Gasteiger partial charge in [-0.3, -0.25) is 14.4 Å². The monoisotopic (exact) mass is 450 g/mol. The summed E-state index contributed by atoms with van der Waals surface area (Å²) in [6, 6.07) is -1.70. The zero-order valence-electron chi connectivity index (χ0n) is 18.7. The normalized spacial score (nSPS) is 30.3. The van der Waals surface area contributed by atoms with Gasteiger partial charge in [0.1, 0.15) is 25.0 Å². The third-order valence-corrected chi connectivity index (χ3v) is 6.83. The SMILES string of the molecule is CC1CC(C(=O)OCCC(=O)N2CC(CN)CC2C(=O)N2CCCCC2C=O)N(C=O)C1. The Labute approximate surface area is 188 Å². The van der Waals surface area contributed by atoms with E-state index in [0.717, 1.165) is 19.1 Å². The van der Waals surface area contributed by atoms with Crippen LogP contribution >= 0.6 is 0 Å². The van der Waals surface area contributed by atoms with Crippen molar-refractivity contribution in [2.45, 2.75) is 63.6 Å². The van der Waals surface area contributed by atoms with Crippen LogP contribution in [0, 0.1) is 11.8 Å². The topological polar surface area (TPSA) is 130 Å². The maximum atomic E-state index is 13.2.